The number of nitrogens with one attached hydrogen (secondary N) is 2. The molecule has 0 radical (unpaired) electrons. The first-order valence-corrected chi connectivity index (χ1v) is 12.9. The zero-order chi connectivity index (χ0) is 26.8. The lowest BCUT2D eigenvalue weighted by Gasteiger charge is -2.18. The van der Waals surface area contributed by atoms with Crippen molar-refractivity contribution in [2.24, 2.45) is 0 Å². The average molecular weight is 531 g/mol. The minimum Gasteiger partial charge on any atom is -0.480 e. The van der Waals surface area contributed by atoms with Crippen LogP contribution in [-0.2, 0) is 14.8 Å². The van der Waals surface area contributed by atoms with Gasteiger partial charge < -0.3 is 15.5 Å². The Kier molecular flexibility index (Phi) is 8.08. The Morgan fingerprint density at radius 3 is 2.19 bits per heavy atom. The minimum absolute atomic E-state index is 0.137. The number of rotatable bonds is 8. The molecule has 3 aromatic carbocycles. The van der Waals surface area contributed by atoms with Gasteiger partial charge in [0.25, 0.3) is 15.9 Å². The van der Waals surface area contributed by atoms with Gasteiger partial charge in [-0.3, -0.25) is 9.52 Å². The summed E-state index contributed by atoms with van der Waals surface area (Å²) in [5.41, 5.74) is 3.82. The molecule has 2 atom stereocenters. The Labute approximate surface area is 215 Å². The van der Waals surface area contributed by atoms with Crippen LogP contribution in [-0.4, -0.2) is 42.7 Å². The fraction of sp³-hybridized carbons (Fsp3) is 0.231. The number of carbonyl (C=O) groups excluding carboxylic acids is 1. The molecule has 4 N–H and O–H groups in total. The standard InChI is InChI=1S/C26H27ClN2O6S/c1-14-10-19(8-9-21(14)25(31)28-24(17(4)30)26(32)33)18-6-5-7-20(13-18)29-36(34,35)23-12-15(2)22(27)11-16(23)3/h5-13,17,24,29-30H,1-4H3,(H,28,31)(H,32,33)/t17-,24-/m0/s1. The highest BCUT2D eigenvalue weighted by atomic mass is 35.5. The van der Waals surface area contributed by atoms with Crippen molar-refractivity contribution >= 4 is 39.2 Å². The first kappa shape index (κ1) is 27.2. The lowest BCUT2D eigenvalue weighted by atomic mass is 9.99. The molecule has 0 saturated carbocycles. The van der Waals surface area contributed by atoms with Gasteiger partial charge in [-0.25, -0.2) is 13.2 Å². The predicted octanol–water partition coefficient (Wildman–Crippen LogP) is 4.30. The maximum absolute atomic E-state index is 13.0. The van der Waals surface area contributed by atoms with Gasteiger partial charge >= 0.3 is 5.97 Å². The minimum atomic E-state index is -3.86. The van der Waals surface area contributed by atoms with Gasteiger partial charge in [0.15, 0.2) is 6.04 Å². The molecule has 0 aliphatic carbocycles. The number of sulfonamides is 1. The molecule has 0 aromatic heterocycles. The smallest absolute Gasteiger partial charge is 0.328 e. The number of carbonyl (C=O) groups is 2. The van der Waals surface area contributed by atoms with E-state index in [1.165, 1.54) is 13.0 Å². The Bertz CT molecular complexity index is 1440. The van der Waals surface area contributed by atoms with Gasteiger partial charge in [-0.15, -0.1) is 0 Å². The molecule has 190 valence electrons. The molecule has 1 amide bonds. The van der Waals surface area contributed by atoms with E-state index in [2.05, 4.69) is 10.0 Å². The Balaban J connectivity index is 1.86. The summed E-state index contributed by atoms with van der Waals surface area (Å²) in [6.45, 7) is 6.40. The molecule has 0 aliphatic heterocycles. The molecule has 10 heteroatoms. The topological polar surface area (TPSA) is 133 Å². The zero-order valence-corrected chi connectivity index (χ0v) is 21.7. The van der Waals surface area contributed by atoms with Crippen LogP contribution in [0.25, 0.3) is 11.1 Å². The molecular weight excluding hydrogens is 504 g/mol. The van der Waals surface area contributed by atoms with Gasteiger partial charge in [0.2, 0.25) is 0 Å². The zero-order valence-electron chi connectivity index (χ0n) is 20.2. The number of benzene rings is 3. The van der Waals surface area contributed by atoms with Crippen LogP contribution in [0.3, 0.4) is 0 Å². The van der Waals surface area contributed by atoms with Crippen LogP contribution in [0.5, 0.6) is 0 Å². The third-order valence-electron chi connectivity index (χ3n) is 5.70. The number of hydrogen-bond donors (Lipinski definition) is 4. The Hall–Kier alpha value is -3.40. The summed E-state index contributed by atoms with van der Waals surface area (Å²) >= 11 is 6.10. The molecule has 0 unspecified atom stereocenters. The second-order valence-electron chi connectivity index (χ2n) is 8.61. The number of hydrogen-bond acceptors (Lipinski definition) is 5. The summed E-state index contributed by atoms with van der Waals surface area (Å²) in [6.07, 6.45) is -1.27. The molecule has 0 spiro atoms. The second-order valence-corrected chi connectivity index (χ2v) is 10.7. The number of halogens is 1. The summed E-state index contributed by atoms with van der Waals surface area (Å²) < 4.78 is 28.7. The third kappa shape index (κ3) is 6.04. The largest absolute Gasteiger partial charge is 0.480 e. The molecule has 8 nitrogen and oxygen atoms in total. The molecule has 3 aromatic rings. The van der Waals surface area contributed by atoms with E-state index in [-0.39, 0.29) is 10.5 Å². The van der Waals surface area contributed by atoms with Gasteiger partial charge in [-0.2, -0.15) is 0 Å². The number of amides is 1. The maximum atomic E-state index is 13.0. The van der Waals surface area contributed by atoms with Crippen LogP contribution in [0.15, 0.2) is 59.5 Å². The molecule has 3 rings (SSSR count). The van der Waals surface area contributed by atoms with Crippen LogP contribution in [0, 0.1) is 20.8 Å². The highest BCUT2D eigenvalue weighted by molar-refractivity contribution is 7.92. The summed E-state index contributed by atoms with van der Waals surface area (Å²) in [7, 11) is -3.86. The monoisotopic (exact) mass is 530 g/mol. The van der Waals surface area contributed by atoms with Crippen LogP contribution in [0.1, 0.15) is 34.0 Å². The van der Waals surface area contributed by atoms with Gasteiger partial charge in [0.05, 0.1) is 11.0 Å². The molecule has 0 heterocycles. The average Bonchev–Trinajstić information content (AvgIpc) is 2.79. The number of aliphatic hydroxyl groups excluding tert-OH is 1. The fourth-order valence-corrected chi connectivity index (χ4v) is 5.30. The van der Waals surface area contributed by atoms with Crippen molar-refractivity contribution < 1.29 is 28.2 Å². The molecule has 0 aliphatic rings. The van der Waals surface area contributed by atoms with Gasteiger partial charge in [-0.05, 0) is 85.8 Å². The predicted molar refractivity (Wildman–Crippen MR) is 139 cm³/mol. The van der Waals surface area contributed by atoms with Crippen LogP contribution in [0.4, 0.5) is 5.69 Å². The second kappa shape index (κ2) is 10.7. The van der Waals surface area contributed by atoms with Crippen molar-refractivity contribution in [1.82, 2.24) is 5.32 Å². The number of carboxylic acid groups (broad SMARTS) is 1. The van der Waals surface area contributed by atoms with E-state index >= 15 is 0 Å². The van der Waals surface area contributed by atoms with Crippen molar-refractivity contribution in [3.05, 3.63) is 81.9 Å². The maximum Gasteiger partial charge on any atom is 0.328 e. The molecule has 0 bridgehead atoms. The fourth-order valence-electron chi connectivity index (χ4n) is 3.72. The number of aliphatic carboxylic acids is 1. The number of carboxylic acids is 1. The number of anilines is 1. The van der Waals surface area contributed by atoms with Crippen molar-refractivity contribution in [1.29, 1.82) is 0 Å². The number of aliphatic hydroxyl groups is 1. The lowest BCUT2D eigenvalue weighted by molar-refractivity contribution is -0.141. The summed E-state index contributed by atoms with van der Waals surface area (Å²) in [5.74, 6) is -1.96. The van der Waals surface area contributed by atoms with Gasteiger partial charge in [0, 0.05) is 16.3 Å². The molecule has 0 fully saturated rings. The van der Waals surface area contributed by atoms with Crippen molar-refractivity contribution in [3.63, 3.8) is 0 Å². The van der Waals surface area contributed by atoms with E-state index in [1.807, 2.05) is 0 Å². The van der Waals surface area contributed by atoms with Crippen LogP contribution < -0.4 is 10.0 Å². The SMILES string of the molecule is Cc1cc(S(=O)(=O)Nc2cccc(-c3ccc(C(=O)N[C@H](C(=O)O)[C@H](C)O)c(C)c3)c2)c(C)cc1Cl. The van der Waals surface area contributed by atoms with Gasteiger partial charge in [0.1, 0.15) is 0 Å². The normalized spacial score (nSPS) is 13.1. The first-order chi connectivity index (χ1) is 16.8. The van der Waals surface area contributed by atoms with Crippen LogP contribution in [0.2, 0.25) is 5.02 Å². The first-order valence-electron chi connectivity index (χ1n) is 11.0. The summed E-state index contributed by atoms with van der Waals surface area (Å²) in [5, 5.41) is 21.6. The summed E-state index contributed by atoms with van der Waals surface area (Å²) in [6, 6.07) is 13.5. The van der Waals surface area contributed by atoms with Crippen molar-refractivity contribution in [2.45, 2.75) is 44.7 Å². The lowest BCUT2D eigenvalue weighted by Crippen LogP contribution is -2.47. The van der Waals surface area contributed by atoms with E-state index in [0.29, 0.717) is 33.0 Å². The van der Waals surface area contributed by atoms with E-state index in [0.717, 1.165) is 5.56 Å². The number of aryl methyl sites for hydroxylation is 3. The van der Waals surface area contributed by atoms with Crippen molar-refractivity contribution in [2.75, 3.05) is 4.72 Å². The Morgan fingerprint density at radius 1 is 0.917 bits per heavy atom. The highest BCUT2D eigenvalue weighted by Crippen LogP contribution is 2.28. The molecule has 0 saturated heterocycles. The summed E-state index contributed by atoms with van der Waals surface area (Å²) in [4.78, 5) is 24.0. The van der Waals surface area contributed by atoms with Crippen LogP contribution >= 0.6 is 11.6 Å². The third-order valence-corrected chi connectivity index (χ3v) is 7.63. The van der Waals surface area contributed by atoms with E-state index in [4.69, 9.17) is 11.6 Å². The van der Waals surface area contributed by atoms with E-state index in [1.54, 1.807) is 69.3 Å². The van der Waals surface area contributed by atoms with E-state index in [9.17, 15) is 28.2 Å². The highest BCUT2D eigenvalue weighted by Gasteiger charge is 2.26. The molecular formula is C26H27ClN2O6S. The quantitative estimate of drug-likeness (QED) is 0.343. The van der Waals surface area contributed by atoms with Crippen molar-refractivity contribution in [3.8, 4) is 11.1 Å². The van der Waals surface area contributed by atoms with Gasteiger partial charge in [-0.1, -0.05) is 35.9 Å². The van der Waals surface area contributed by atoms with E-state index < -0.39 is 34.0 Å². The molecule has 36 heavy (non-hydrogen) atoms. The Morgan fingerprint density at radius 2 is 1.58 bits per heavy atom.